The van der Waals surface area contributed by atoms with Crippen LogP contribution in [-0.4, -0.2) is 46.5 Å². The summed E-state index contributed by atoms with van der Waals surface area (Å²) < 4.78 is 2.10. The van der Waals surface area contributed by atoms with E-state index in [1.807, 2.05) is 0 Å². The third-order valence-electron chi connectivity index (χ3n) is 4.01. The van der Waals surface area contributed by atoms with Gasteiger partial charge < -0.3 is 10.2 Å². The number of hydrogen-bond acceptors (Lipinski definition) is 4. The van der Waals surface area contributed by atoms with Crippen LogP contribution in [0, 0.1) is 0 Å². The Bertz CT molecular complexity index is 498. The Morgan fingerprint density at radius 2 is 2.21 bits per heavy atom. The molecule has 0 fully saturated rings. The molecule has 0 bridgehead atoms. The molecule has 0 aliphatic heterocycles. The minimum absolute atomic E-state index is 0.0903. The second-order valence-electron chi connectivity index (χ2n) is 5.69. The normalized spacial score (nSPS) is 14.4. The topological polar surface area (TPSA) is 32.6 Å². The van der Waals surface area contributed by atoms with Crippen molar-refractivity contribution in [1.82, 2.24) is 19.6 Å². The molecule has 0 aromatic carbocycles. The average Bonchev–Trinajstić information content (AvgIpc) is 2.88. The molecule has 1 N–H and O–H groups in total. The van der Waals surface area contributed by atoms with Crippen LogP contribution in [-0.2, 0) is 6.42 Å². The van der Waals surface area contributed by atoms with Crippen LogP contribution in [0.25, 0.3) is 4.96 Å². The van der Waals surface area contributed by atoms with Crippen molar-refractivity contribution in [2.45, 2.75) is 38.8 Å². The molecule has 4 nitrogen and oxygen atoms in total. The van der Waals surface area contributed by atoms with E-state index in [1.54, 1.807) is 11.3 Å². The highest BCUT2D eigenvalue weighted by Crippen LogP contribution is 2.20. The molecule has 19 heavy (non-hydrogen) atoms. The fourth-order valence-corrected chi connectivity index (χ4v) is 2.93. The lowest BCUT2D eigenvalue weighted by Gasteiger charge is -2.40. The molecule has 0 radical (unpaired) electrons. The molecule has 0 saturated carbocycles. The van der Waals surface area contributed by atoms with Crippen molar-refractivity contribution in [3.63, 3.8) is 0 Å². The summed E-state index contributed by atoms with van der Waals surface area (Å²) in [5.41, 5.74) is 1.25. The van der Waals surface area contributed by atoms with Crippen LogP contribution in [0.2, 0.25) is 0 Å². The Balaban J connectivity index is 2.18. The predicted molar refractivity (Wildman–Crippen MR) is 82.0 cm³/mol. The first-order valence-electron chi connectivity index (χ1n) is 6.77. The third-order valence-corrected chi connectivity index (χ3v) is 4.78. The number of imidazole rings is 1. The monoisotopic (exact) mass is 280 g/mol. The van der Waals surface area contributed by atoms with Crippen molar-refractivity contribution in [2.75, 3.05) is 20.6 Å². The zero-order valence-electron chi connectivity index (χ0n) is 12.5. The lowest BCUT2D eigenvalue weighted by molar-refractivity contribution is 0.137. The molecule has 106 valence electrons. The van der Waals surface area contributed by atoms with Crippen LogP contribution in [0.3, 0.4) is 0 Å². The third kappa shape index (κ3) is 2.99. The summed E-state index contributed by atoms with van der Waals surface area (Å²) in [6.07, 6.45) is 5.16. The molecule has 1 unspecified atom stereocenters. The minimum Gasteiger partial charge on any atom is -0.312 e. The first-order chi connectivity index (χ1) is 8.95. The number of likely N-dealkylation sites (N-methyl/N-ethyl adjacent to an activating group) is 2. The van der Waals surface area contributed by atoms with Gasteiger partial charge in [0.1, 0.15) is 0 Å². The summed E-state index contributed by atoms with van der Waals surface area (Å²) >= 11 is 1.68. The SMILES string of the molecule is CCNC(Cc1cn2ccsc2n1)C(C)(C)N(C)C. The quantitative estimate of drug-likeness (QED) is 0.881. The Morgan fingerprint density at radius 1 is 1.47 bits per heavy atom. The van der Waals surface area contributed by atoms with E-state index < -0.39 is 0 Å². The Labute approximate surface area is 119 Å². The molecule has 0 aliphatic rings. The molecular weight excluding hydrogens is 256 g/mol. The van der Waals surface area contributed by atoms with Crippen LogP contribution in [0.4, 0.5) is 0 Å². The lowest BCUT2D eigenvalue weighted by Crippen LogP contribution is -2.56. The van der Waals surface area contributed by atoms with Gasteiger partial charge in [0, 0.05) is 35.8 Å². The summed E-state index contributed by atoms with van der Waals surface area (Å²) in [4.78, 5) is 8.04. The van der Waals surface area contributed by atoms with Gasteiger partial charge in [0.2, 0.25) is 0 Å². The van der Waals surface area contributed by atoms with Gasteiger partial charge in [-0.15, -0.1) is 11.3 Å². The van der Waals surface area contributed by atoms with Gasteiger partial charge in [0.05, 0.1) is 5.69 Å². The van der Waals surface area contributed by atoms with E-state index in [0.717, 1.165) is 23.6 Å². The summed E-state index contributed by atoms with van der Waals surface area (Å²) in [5, 5.41) is 5.67. The van der Waals surface area contributed by atoms with Gasteiger partial charge in [0.25, 0.3) is 0 Å². The van der Waals surface area contributed by atoms with Gasteiger partial charge >= 0.3 is 0 Å². The highest BCUT2D eigenvalue weighted by molar-refractivity contribution is 7.15. The highest BCUT2D eigenvalue weighted by Gasteiger charge is 2.31. The molecule has 0 aliphatic carbocycles. The number of aromatic nitrogens is 2. The Morgan fingerprint density at radius 3 is 2.79 bits per heavy atom. The molecule has 2 aromatic heterocycles. The largest absolute Gasteiger partial charge is 0.312 e. The van der Waals surface area contributed by atoms with Gasteiger partial charge in [-0.1, -0.05) is 6.92 Å². The van der Waals surface area contributed by atoms with Crippen molar-refractivity contribution in [3.8, 4) is 0 Å². The zero-order valence-corrected chi connectivity index (χ0v) is 13.3. The maximum atomic E-state index is 4.69. The smallest absolute Gasteiger partial charge is 0.193 e. The van der Waals surface area contributed by atoms with E-state index in [2.05, 4.69) is 67.3 Å². The van der Waals surface area contributed by atoms with Crippen molar-refractivity contribution in [3.05, 3.63) is 23.5 Å². The molecule has 2 heterocycles. The summed E-state index contributed by atoms with van der Waals surface area (Å²) in [6.45, 7) is 7.69. The predicted octanol–water partition coefficient (Wildman–Crippen LogP) is 2.26. The maximum absolute atomic E-state index is 4.69. The van der Waals surface area contributed by atoms with E-state index in [0.29, 0.717) is 6.04 Å². The van der Waals surface area contributed by atoms with E-state index in [-0.39, 0.29) is 5.54 Å². The Kier molecular flexibility index (Phi) is 4.28. The first-order valence-corrected chi connectivity index (χ1v) is 7.65. The van der Waals surface area contributed by atoms with Gasteiger partial charge in [-0.25, -0.2) is 4.98 Å². The molecule has 2 rings (SSSR count). The summed E-state index contributed by atoms with van der Waals surface area (Å²) in [7, 11) is 4.27. The van der Waals surface area contributed by atoms with Crippen molar-refractivity contribution >= 4 is 16.3 Å². The molecule has 0 amide bonds. The molecule has 1 atom stereocenters. The Hall–Kier alpha value is -0.910. The standard InChI is InChI=1S/C14H24N4S/c1-6-15-12(14(2,3)17(4)5)9-11-10-18-7-8-19-13(18)16-11/h7-8,10,12,15H,6,9H2,1-5H3. The van der Waals surface area contributed by atoms with E-state index in [9.17, 15) is 0 Å². The molecule has 0 spiro atoms. The highest BCUT2D eigenvalue weighted by atomic mass is 32.1. The fourth-order valence-electron chi connectivity index (χ4n) is 2.21. The number of thiazole rings is 1. The second-order valence-corrected chi connectivity index (χ2v) is 6.56. The van der Waals surface area contributed by atoms with E-state index >= 15 is 0 Å². The zero-order chi connectivity index (χ0) is 14.0. The molecular formula is C14H24N4S. The van der Waals surface area contributed by atoms with Gasteiger partial charge in [-0.05, 0) is 34.5 Å². The number of nitrogens with zero attached hydrogens (tertiary/aromatic N) is 3. The van der Waals surface area contributed by atoms with Crippen LogP contribution in [0.1, 0.15) is 26.5 Å². The molecule has 5 heteroatoms. The number of fused-ring (bicyclic) bond motifs is 1. The van der Waals surface area contributed by atoms with Gasteiger partial charge in [-0.2, -0.15) is 0 Å². The van der Waals surface area contributed by atoms with Crippen LogP contribution in [0.15, 0.2) is 17.8 Å². The van der Waals surface area contributed by atoms with E-state index in [1.165, 1.54) is 0 Å². The summed E-state index contributed by atoms with van der Waals surface area (Å²) in [5.74, 6) is 0. The second kappa shape index (κ2) is 5.61. The van der Waals surface area contributed by atoms with Crippen LogP contribution >= 0.6 is 11.3 Å². The van der Waals surface area contributed by atoms with Gasteiger partial charge in [-0.3, -0.25) is 4.40 Å². The number of nitrogens with one attached hydrogen (secondary N) is 1. The summed E-state index contributed by atoms with van der Waals surface area (Å²) in [6, 6.07) is 0.386. The van der Waals surface area contributed by atoms with Crippen LogP contribution < -0.4 is 5.32 Å². The fraction of sp³-hybridized carbons (Fsp3) is 0.643. The van der Waals surface area contributed by atoms with Crippen molar-refractivity contribution in [2.24, 2.45) is 0 Å². The molecule has 2 aromatic rings. The average molecular weight is 280 g/mol. The maximum Gasteiger partial charge on any atom is 0.193 e. The molecule has 0 saturated heterocycles. The van der Waals surface area contributed by atoms with Crippen molar-refractivity contribution < 1.29 is 0 Å². The van der Waals surface area contributed by atoms with Crippen LogP contribution in [0.5, 0.6) is 0 Å². The number of hydrogen-bond donors (Lipinski definition) is 1. The van der Waals surface area contributed by atoms with E-state index in [4.69, 9.17) is 4.98 Å². The van der Waals surface area contributed by atoms with Crippen molar-refractivity contribution in [1.29, 1.82) is 0 Å². The number of rotatable bonds is 6. The minimum atomic E-state index is 0.0903. The van der Waals surface area contributed by atoms with Gasteiger partial charge in [0.15, 0.2) is 4.96 Å². The lowest BCUT2D eigenvalue weighted by atomic mass is 9.89. The first kappa shape index (κ1) is 14.5.